The van der Waals surface area contributed by atoms with Crippen molar-refractivity contribution in [3.8, 4) is 0 Å². The van der Waals surface area contributed by atoms with Crippen LogP contribution in [0.4, 0.5) is 0 Å². The van der Waals surface area contributed by atoms with Gasteiger partial charge in [0, 0.05) is 0 Å². The summed E-state index contributed by atoms with van der Waals surface area (Å²) in [4.78, 5) is 19.4. The predicted octanol–water partition coefficient (Wildman–Crippen LogP) is 1.21. The number of hydrogen-bond donors (Lipinski definition) is 2. The number of rotatable bonds is 3. The molecule has 0 unspecified atom stereocenters. The van der Waals surface area contributed by atoms with E-state index in [1.807, 2.05) is 26.9 Å². The zero-order valence-electron chi connectivity index (χ0n) is 8.80. The van der Waals surface area contributed by atoms with Gasteiger partial charge in [-0.15, -0.1) is 0 Å². The van der Waals surface area contributed by atoms with Crippen LogP contribution in [-0.2, 0) is 4.43 Å². The highest BCUT2D eigenvalue weighted by Gasteiger charge is 2.43. The molecule has 0 aliphatic carbocycles. The van der Waals surface area contributed by atoms with E-state index in [0.717, 1.165) is 0 Å². The Hall–Kier alpha value is 0.314. The van der Waals surface area contributed by atoms with E-state index in [-0.39, 0.29) is 0 Å². The lowest BCUT2D eigenvalue weighted by molar-refractivity contribution is 0.121. The Morgan fingerprint density at radius 2 is 1.33 bits per heavy atom. The van der Waals surface area contributed by atoms with E-state index in [4.69, 9.17) is 4.43 Å². The van der Waals surface area contributed by atoms with Crippen LogP contribution in [0.2, 0.25) is 26.2 Å². The van der Waals surface area contributed by atoms with Crippen molar-refractivity contribution < 1.29 is 14.0 Å². The third-order valence-electron chi connectivity index (χ3n) is 1.98. The van der Waals surface area contributed by atoms with Gasteiger partial charge in [0.1, 0.15) is 0 Å². The first kappa shape index (κ1) is 12.3. The molecule has 0 rings (SSSR count). The second-order valence-electron chi connectivity index (χ2n) is 4.62. The van der Waals surface area contributed by atoms with E-state index in [9.17, 15) is 9.59 Å². The van der Waals surface area contributed by atoms with Crippen molar-refractivity contribution in [3.05, 3.63) is 0 Å². The maximum Gasteiger partial charge on any atom is 0.329 e. The summed E-state index contributed by atoms with van der Waals surface area (Å²) in [6, 6.07) is 0. The van der Waals surface area contributed by atoms with E-state index in [2.05, 4.69) is 0 Å². The van der Waals surface area contributed by atoms with Crippen LogP contribution in [-0.4, -0.2) is 31.7 Å². The summed E-state index contributed by atoms with van der Waals surface area (Å²) in [5.74, 6) is 0. The van der Waals surface area contributed by atoms with E-state index in [1.54, 1.807) is 13.1 Å². The van der Waals surface area contributed by atoms with Crippen molar-refractivity contribution in [2.45, 2.75) is 45.3 Å². The van der Waals surface area contributed by atoms with Crippen molar-refractivity contribution in [1.29, 1.82) is 0 Å². The Morgan fingerprint density at radius 1 is 1.00 bits per heavy atom. The van der Waals surface area contributed by atoms with Gasteiger partial charge in [-0.05, 0) is 40.0 Å². The first-order chi connectivity index (χ1) is 4.96. The summed E-state index contributed by atoms with van der Waals surface area (Å²) in [5, 5.41) is -0.572. The van der Waals surface area contributed by atoms with Gasteiger partial charge < -0.3 is 14.0 Å². The second kappa shape index (κ2) is 3.23. The standard InChI is InChI=1S/C7H20O3Si2/c1-7(2,11(3,4)8)10-12(5,6)9/h8-9H,1-6H3. The van der Waals surface area contributed by atoms with Gasteiger partial charge in [-0.2, -0.15) is 0 Å². The molecule has 0 bridgehead atoms. The topological polar surface area (TPSA) is 49.7 Å². The molecule has 0 spiro atoms. The largest absolute Gasteiger partial charge is 0.429 e. The monoisotopic (exact) mass is 208 g/mol. The van der Waals surface area contributed by atoms with Crippen molar-refractivity contribution in [2.24, 2.45) is 0 Å². The Bertz CT molecular complexity index is 155. The molecule has 0 fully saturated rings. The van der Waals surface area contributed by atoms with Crippen molar-refractivity contribution in [3.63, 3.8) is 0 Å². The van der Waals surface area contributed by atoms with Gasteiger partial charge in [-0.1, -0.05) is 0 Å². The predicted molar refractivity (Wildman–Crippen MR) is 54.6 cm³/mol. The molecule has 5 heteroatoms. The molecule has 74 valence electrons. The average Bonchev–Trinajstić information content (AvgIpc) is 1.52. The molecule has 0 saturated carbocycles. The molecular weight excluding hydrogens is 188 g/mol. The molecule has 0 saturated heterocycles. The third kappa shape index (κ3) is 3.82. The molecule has 0 atom stereocenters. The van der Waals surface area contributed by atoms with Crippen LogP contribution in [0.25, 0.3) is 0 Å². The highest BCUT2D eigenvalue weighted by atomic mass is 28.4. The van der Waals surface area contributed by atoms with Crippen LogP contribution < -0.4 is 0 Å². The molecule has 3 nitrogen and oxygen atoms in total. The zero-order valence-corrected chi connectivity index (χ0v) is 10.8. The highest BCUT2D eigenvalue weighted by molar-refractivity contribution is 6.74. The van der Waals surface area contributed by atoms with Crippen LogP contribution in [0.3, 0.4) is 0 Å². The van der Waals surface area contributed by atoms with E-state index >= 15 is 0 Å². The van der Waals surface area contributed by atoms with Gasteiger partial charge in [-0.3, -0.25) is 0 Å². The molecule has 12 heavy (non-hydrogen) atoms. The van der Waals surface area contributed by atoms with Crippen molar-refractivity contribution >= 4 is 16.9 Å². The first-order valence-electron chi connectivity index (χ1n) is 4.11. The molecule has 0 heterocycles. The molecule has 0 aliphatic heterocycles. The van der Waals surface area contributed by atoms with Gasteiger partial charge in [0.15, 0.2) is 0 Å². The van der Waals surface area contributed by atoms with Crippen LogP contribution >= 0.6 is 0 Å². The maximum absolute atomic E-state index is 9.83. The summed E-state index contributed by atoms with van der Waals surface area (Å²) in [6.07, 6.45) is 0. The fourth-order valence-corrected chi connectivity index (χ4v) is 3.75. The van der Waals surface area contributed by atoms with Crippen LogP contribution in [0.1, 0.15) is 13.8 Å². The summed E-state index contributed by atoms with van der Waals surface area (Å²) < 4.78 is 5.50. The maximum atomic E-state index is 9.83. The Kier molecular flexibility index (Phi) is 3.31. The molecule has 2 N–H and O–H groups in total. The van der Waals surface area contributed by atoms with Crippen molar-refractivity contribution in [1.82, 2.24) is 0 Å². The second-order valence-corrected chi connectivity index (χ2v) is 12.0. The lowest BCUT2D eigenvalue weighted by Gasteiger charge is -2.38. The Labute approximate surface area is 76.8 Å². The quantitative estimate of drug-likeness (QED) is 0.686. The molecule has 0 aromatic rings. The molecule has 0 aromatic carbocycles. The smallest absolute Gasteiger partial charge is 0.329 e. The Balaban J connectivity index is 4.44. The molecule has 0 radical (unpaired) electrons. The van der Waals surface area contributed by atoms with E-state index in [1.165, 1.54) is 0 Å². The normalized spacial score (nSPS) is 15.0. The molecule has 0 aliphatic rings. The van der Waals surface area contributed by atoms with Crippen LogP contribution in [0, 0.1) is 0 Å². The van der Waals surface area contributed by atoms with Gasteiger partial charge in [0.05, 0.1) is 5.22 Å². The molecular formula is C7H20O3Si2. The summed E-state index contributed by atoms with van der Waals surface area (Å²) in [7, 11) is -4.87. The molecule has 0 amide bonds. The minimum atomic E-state index is -2.53. The highest BCUT2D eigenvalue weighted by Crippen LogP contribution is 2.24. The Morgan fingerprint density at radius 3 is 1.42 bits per heavy atom. The summed E-state index contributed by atoms with van der Waals surface area (Å²) in [6.45, 7) is 10.7. The van der Waals surface area contributed by atoms with Gasteiger partial charge >= 0.3 is 8.56 Å². The minimum absolute atomic E-state index is 0.572. The molecule has 0 aromatic heterocycles. The fourth-order valence-electron chi connectivity index (χ4n) is 0.749. The SMILES string of the molecule is CC(C)(O[Si](C)(C)O)[Si](C)(C)O. The average molecular weight is 208 g/mol. The lowest BCUT2D eigenvalue weighted by Crippen LogP contribution is -2.57. The fraction of sp³-hybridized carbons (Fsp3) is 1.00. The van der Waals surface area contributed by atoms with Gasteiger partial charge in [0.25, 0.3) is 0 Å². The van der Waals surface area contributed by atoms with Crippen LogP contribution in [0.15, 0.2) is 0 Å². The van der Waals surface area contributed by atoms with Gasteiger partial charge in [0.2, 0.25) is 8.32 Å². The van der Waals surface area contributed by atoms with Crippen LogP contribution in [0.5, 0.6) is 0 Å². The summed E-state index contributed by atoms with van der Waals surface area (Å²) in [5.41, 5.74) is 0. The first-order valence-corrected chi connectivity index (χ1v) is 9.91. The lowest BCUT2D eigenvalue weighted by atomic mass is 10.5. The van der Waals surface area contributed by atoms with Gasteiger partial charge in [-0.25, -0.2) is 0 Å². The minimum Gasteiger partial charge on any atom is -0.429 e. The zero-order chi connectivity index (χ0) is 10.2. The van der Waals surface area contributed by atoms with E-state index in [0.29, 0.717) is 0 Å². The third-order valence-corrected chi connectivity index (χ3v) is 6.24. The van der Waals surface area contributed by atoms with E-state index < -0.39 is 22.1 Å². The summed E-state index contributed by atoms with van der Waals surface area (Å²) >= 11 is 0. The van der Waals surface area contributed by atoms with Crippen molar-refractivity contribution in [2.75, 3.05) is 0 Å². The number of hydrogen-bond acceptors (Lipinski definition) is 3.